The van der Waals surface area contributed by atoms with Crippen molar-refractivity contribution in [2.24, 2.45) is 5.73 Å². The molecule has 0 radical (unpaired) electrons. The molecule has 2 N–H and O–H groups in total. The molecule has 0 aliphatic rings. The van der Waals surface area contributed by atoms with Gasteiger partial charge in [0.15, 0.2) is 11.6 Å². The van der Waals surface area contributed by atoms with E-state index in [9.17, 15) is 0 Å². The van der Waals surface area contributed by atoms with Gasteiger partial charge >= 0.3 is 0 Å². The fourth-order valence-corrected chi connectivity index (χ4v) is 1.47. The topological polar surface area (TPSA) is 61.0 Å². The molecule has 4 heteroatoms. The van der Waals surface area contributed by atoms with Gasteiger partial charge in [0.25, 0.3) is 0 Å². The van der Waals surface area contributed by atoms with Crippen molar-refractivity contribution in [2.75, 3.05) is 6.61 Å². The summed E-state index contributed by atoms with van der Waals surface area (Å²) in [5.74, 6) is 1.34. The van der Waals surface area contributed by atoms with Gasteiger partial charge in [-0.25, -0.2) is 9.97 Å². The van der Waals surface area contributed by atoms with Crippen molar-refractivity contribution in [1.82, 2.24) is 9.97 Å². The van der Waals surface area contributed by atoms with E-state index in [-0.39, 0.29) is 6.04 Å². The van der Waals surface area contributed by atoms with Gasteiger partial charge in [-0.05, 0) is 13.8 Å². The summed E-state index contributed by atoms with van der Waals surface area (Å²) in [5, 5.41) is 0. The Morgan fingerprint density at radius 3 is 2.33 bits per heavy atom. The normalized spacial score (nSPS) is 12.2. The van der Waals surface area contributed by atoms with Crippen LogP contribution in [-0.2, 0) is 0 Å². The van der Waals surface area contributed by atoms with Gasteiger partial charge in [0.05, 0.1) is 12.4 Å². The Morgan fingerprint density at radius 2 is 1.78 bits per heavy atom. The van der Waals surface area contributed by atoms with E-state index in [1.807, 2.05) is 31.2 Å². The van der Waals surface area contributed by atoms with E-state index in [0.717, 1.165) is 5.56 Å². The molecule has 0 aliphatic carbocycles. The van der Waals surface area contributed by atoms with Crippen molar-refractivity contribution in [1.29, 1.82) is 0 Å². The van der Waals surface area contributed by atoms with E-state index < -0.39 is 0 Å². The van der Waals surface area contributed by atoms with Crippen LogP contribution in [0.5, 0.6) is 5.75 Å². The highest BCUT2D eigenvalue weighted by molar-refractivity contribution is 5.55. The van der Waals surface area contributed by atoms with Crippen LogP contribution in [0.25, 0.3) is 11.4 Å². The van der Waals surface area contributed by atoms with Crippen LogP contribution in [0.15, 0.2) is 36.7 Å². The van der Waals surface area contributed by atoms with Crippen LogP contribution < -0.4 is 10.5 Å². The third-order valence-electron chi connectivity index (χ3n) is 2.45. The third kappa shape index (κ3) is 3.28. The highest BCUT2D eigenvalue weighted by Crippen LogP contribution is 2.17. The molecule has 1 aromatic heterocycles. The van der Waals surface area contributed by atoms with E-state index >= 15 is 0 Å². The summed E-state index contributed by atoms with van der Waals surface area (Å²) >= 11 is 0. The van der Waals surface area contributed by atoms with Gasteiger partial charge in [-0.2, -0.15) is 0 Å². The summed E-state index contributed by atoms with van der Waals surface area (Å²) in [6, 6.07) is 8.10. The molecule has 0 saturated heterocycles. The highest BCUT2D eigenvalue weighted by atomic mass is 16.5. The number of aryl methyl sites for hydroxylation is 1. The molecule has 0 aliphatic heterocycles. The lowest BCUT2D eigenvalue weighted by molar-refractivity contribution is 0.294. The molecular weight excluding hydrogens is 226 g/mol. The Bertz CT molecular complexity index is 491. The van der Waals surface area contributed by atoms with Gasteiger partial charge in [-0.15, -0.1) is 0 Å². The Balaban J connectivity index is 2.09. The number of ether oxygens (including phenoxy) is 1. The molecule has 18 heavy (non-hydrogen) atoms. The van der Waals surface area contributed by atoms with Crippen LogP contribution in [0, 0.1) is 6.92 Å². The lowest BCUT2D eigenvalue weighted by Crippen LogP contribution is -2.23. The first kappa shape index (κ1) is 12.5. The number of nitrogens with zero attached hydrogens (tertiary/aromatic N) is 2. The maximum absolute atomic E-state index is 5.61. The molecule has 94 valence electrons. The molecule has 2 rings (SSSR count). The Kier molecular flexibility index (Phi) is 3.89. The summed E-state index contributed by atoms with van der Waals surface area (Å²) in [5.41, 5.74) is 7.83. The molecule has 4 nitrogen and oxygen atoms in total. The molecule has 1 heterocycles. The number of benzene rings is 1. The van der Waals surface area contributed by atoms with E-state index in [1.54, 1.807) is 12.4 Å². The zero-order valence-corrected chi connectivity index (χ0v) is 10.6. The Hall–Kier alpha value is -1.94. The standard InChI is InChI=1S/C14H17N3O/c1-10-3-5-12(6-4-10)14-16-7-13(8-17-14)18-9-11(2)15/h3-8,11H,9,15H2,1-2H3. The van der Waals surface area contributed by atoms with Crippen LogP contribution in [0.3, 0.4) is 0 Å². The van der Waals surface area contributed by atoms with Crippen LogP contribution in [-0.4, -0.2) is 22.6 Å². The van der Waals surface area contributed by atoms with Gasteiger partial charge in [0.1, 0.15) is 6.61 Å². The maximum Gasteiger partial charge on any atom is 0.159 e. The minimum atomic E-state index is 0.00164. The van der Waals surface area contributed by atoms with Gasteiger partial charge in [-0.1, -0.05) is 29.8 Å². The number of hydrogen-bond acceptors (Lipinski definition) is 4. The predicted octanol–water partition coefficient (Wildman–Crippen LogP) is 2.18. The summed E-state index contributed by atoms with van der Waals surface area (Å²) in [4.78, 5) is 8.56. The van der Waals surface area contributed by atoms with Crippen molar-refractivity contribution < 1.29 is 4.74 Å². The molecule has 0 spiro atoms. The third-order valence-corrected chi connectivity index (χ3v) is 2.45. The van der Waals surface area contributed by atoms with E-state index in [1.165, 1.54) is 5.56 Å². The molecule has 0 bridgehead atoms. The number of nitrogens with two attached hydrogens (primary N) is 1. The predicted molar refractivity (Wildman–Crippen MR) is 71.3 cm³/mol. The molecular formula is C14H17N3O. The first-order valence-corrected chi connectivity index (χ1v) is 5.92. The van der Waals surface area contributed by atoms with Crippen LogP contribution >= 0.6 is 0 Å². The van der Waals surface area contributed by atoms with Crippen molar-refractivity contribution in [2.45, 2.75) is 19.9 Å². The molecule has 0 amide bonds. The summed E-state index contributed by atoms with van der Waals surface area (Å²) in [6.45, 7) is 4.41. The summed E-state index contributed by atoms with van der Waals surface area (Å²) < 4.78 is 5.43. The monoisotopic (exact) mass is 243 g/mol. The zero-order valence-electron chi connectivity index (χ0n) is 10.6. The zero-order chi connectivity index (χ0) is 13.0. The fourth-order valence-electron chi connectivity index (χ4n) is 1.47. The highest BCUT2D eigenvalue weighted by Gasteiger charge is 2.02. The fraction of sp³-hybridized carbons (Fsp3) is 0.286. The van der Waals surface area contributed by atoms with Crippen molar-refractivity contribution in [3.63, 3.8) is 0 Å². The average Bonchev–Trinajstić information content (AvgIpc) is 2.38. The summed E-state index contributed by atoms with van der Waals surface area (Å²) in [6.07, 6.45) is 3.34. The molecule has 1 unspecified atom stereocenters. The first-order chi connectivity index (χ1) is 8.65. The Labute approximate surface area is 107 Å². The van der Waals surface area contributed by atoms with Crippen molar-refractivity contribution >= 4 is 0 Å². The lowest BCUT2D eigenvalue weighted by Gasteiger charge is -2.08. The van der Waals surface area contributed by atoms with Crippen LogP contribution in [0.2, 0.25) is 0 Å². The van der Waals surface area contributed by atoms with Gasteiger partial charge in [0.2, 0.25) is 0 Å². The number of hydrogen-bond donors (Lipinski definition) is 1. The van der Waals surface area contributed by atoms with Crippen molar-refractivity contribution in [3.05, 3.63) is 42.2 Å². The second kappa shape index (κ2) is 5.60. The molecule has 0 saturated carbocycles. The quantitative estimate of drug-likeness (QED) is 0.894. The molecule has 1 aromatic carbocycles. The number of rotatable bonds is 4. The average molecular weight is 243 g/mol. The van der Waals surface area contributed by atoms with Crippen LogP contribution in [0.1, 0.15) is 12.5 Å². The van der Waals surface area contributed by atoms with E-state index in [0.29, 0.717) is 18.2 Å². The largest absolute Gasteiger partial charge is 0.489 e. The smallest absolute Gasteiger partial charge is 0.159 e. The first-order valence-electron chi connectivity index (χ1n) is 5.92. The van der Waals surface area contributed by atoms with E-state index in [4.69, 9.17) is 10.5 Å². The SMILES string of the molecule is Cc1ccc(-c2ncc(OCC(C)N)cn2)cc1. The second-order valence-corrected chi connectivity index (χ2v) is 4.40. The van der Waals surface area contributed by atoms with Gasteiger partial charge in [-0.3, -0.25) is 0 Å². The van der Waals surface area contributed by atoms with Gasteiger partial charge in [0, 0.05) is 11.6 Å². The lowest BCUT2D eigenvalue weighted by atomic mass is 10.1. The minimum absolute atomic E-state index is 0.00164. The number of aromatic nitrogens is 2. The maximum atomic E-state index is 5.61. The summed E-state index contributed by atoms with van der Waals surface area (Å²) in [7, 11) is 0. The Morgan fingerprint density at radius 1 is 1.17 bits per heavy atom. The second-order valence-electron chi connectivity index (χ2n) is 4.40. The molecule has 0 fully saturated rings. The van der Waals surface area contributed by atoms with E-state index in [2.05, 4.69) is 16.9 Å². The molecule has 1 atom stereocenters. The van der Waals surface area contributed by atoms with Gasteiger partial charge < -0.3 is 10.5 Å². The van der Waals surface area contributed by atoms with Crippen molar-refractivity contribution in [3.8, 4) is 17.1 Å². The van der Waals surface area contributed by atoms with Crippen LogP contribution in [0.4, 0.5) is 0 Å². The molecule has 2 aromatic rings. The minimum Gasteiger partial charge on any atom is -0.489 e.